The lowest BCUT2D eigenvalue weighted by atomic mass is 10.3. The molecule has 0 aromatic heterocycles. The Balaban J connectivity index is 3.10. The average Bonchev–Trinajstić information content (AvgIpc) is 2.10. The van der Waals surface area contributed by atoms with Crippen molar-refractivity contribution in [2.24, 2.45) is 0 Å². The van der Waals surface area contributed by atoms with Crippen molar-refractivity contribution in [3.63, 3.8) is 0 Å². The van der Waals surface area contributed by atoms with Crippen LogP contribution in [0.4, 0.5) is 5.69 Å². The van der Waals surface area contributed by atoms with Gasteiger partial charge in [0.2, 0.25) is 0 Å². The maximum Gasteiger partial charge on any atom is 0.181 e. The number of quaternary nitrogens is 1. The molecule has 0 fully saturated rings. The van der Waals surface area contributed by atoms with Crippen molar-refractivity contribution in [1.82, 2.24) is 0 Å². The fourth-order valence-corrected chi connectivity index (χ4v) is 1.19. The van der Waals surface area contributed by atoms with Crippen LogP contribution in [0.1, 0.15) is 6.92 Å². The minimum Gasteiger partial charge on any atom is -0.628 e. The highest BCUT2D eigenvalue weighted by Gasteiger charge is 2.10. The number of hydrogen-bond acceptors (Lipinski definition) is 4. The van der Waals surface area contributed by atoms with E-state index in [1.807, 2.05) is 0 Å². The summed E-state index contributed by atoms with van der Waals surface area (Å²) in [5.74, 6) is -0.172. The number of phenols is 1. The molecule has 0 bridgehead atoms. The van der Waals surface area contributed by atoms with Gasteiger partial charge in [-0.05, 0) is 6.92 Å². The summed E-state index contributed by atoms with van der Waals surface area (Å²) in [5.41, 5.74) is -0.349. The van der Waals surface area contributed by atoms with Crippen LogP contribution >= 0.6 is 11.6 Å². The lowest BCUT2D eigenvalue weighted by Crippen LogP contribution is -2.96. The van der Waals surface area contributed by atoms with Gasteiger partial charge < -0.3 is 25.5 Å². The highest BCUT2D eigenvalue weighted by Crippen LogP contribution is 2.33. The Kier molecular flexibility index (Phi) is 3.54. The van der Waals surface area contributed by atoms with E-state index >= 15 is 0 Å². The maximum absolute atomic E-state index is 10.5. The van der Waals surface area contributed by atoms with Crippen molar-refractivity contribution in [3.8, 4) is 11.5 Å². The van der Waals surface area contributed by atoms with Gasteiger partial charge in [0, 0.05) is 12.1 Å². The molecule has 0 aliphatic heterocycles. The predicted molar refractivity (Wildman–Crippen MR) is 51.6 cm³/mol. The van der Waals surface area contributed by atoms with Gasteiger partial charge in [0.25, 0.3) is 0 Å². The molecule has 0 amide bonds. The molecule has 0 aliphatic carbocycles. The molecule has 2 N–H and O–H groups in total. The molecule has 0 saturated carbocycles. The summed E-state index contributed by atoms with van der Waals surface area (Å²) in [6.45, 7) is 2.13. The standard InChI is InChI=1S/C8H9ClNO4/c1-2-14-8-4-7(11)6(10(12)13)3-5(8)9/h3-4,10-11H,2H2,1H3/q-1. The third-order valence-corrected chi connectivity index (χ3v) is 1.87. The van der Waals surface area contributed by atoms with Crippen LogP contribution in [0.5, 0.6) is 11.5 Å². The van der Waals surface area contributed by atoms with Crippen LogP contribution in [-0.4, -0.2) is 11.7 Å². The lowest BCUT2D eigenvalue weighted by molar-refractivity contribution is -0.715. The Labute approximate surface area is 85.6 Å². The molecule has 0 saturated heterocycles. The third-order valence-electron chi connectivity index (χ3n) is 1.57. The fourth-order valence-electron chi connectivity index (χ4n) is 0.972. The van der Waals surface area contributed by atoms with Crippen LogP contribution in [0.25, 0.3) is 0 Å². The van der Waals surface area contributed by atoms with E-state index in [1.54, 1.807) is 6.92 Å². The number of benzene rings is 1. The molecule has 0 heterocycles. The van der Waals surface area contributed by atoms with Crippen molar-refractivity contribution in [2.75, 3.05) is 6.61 Å². The Hall–Kier alpha value is -1.01. The van der Waals surface area contributed by atoms with E-state index in [0.29, 0.717) is 6.61 Å². The third kappa shape index (κ3) is 2.27. The first-order valence-electron chi connectivity index (χ1n) is 3.93. The fraction of sp³-hybridized carbons (Fsp3) is 0.250. The van der Waals surface area contributed by atoms with Crippen LogP contribution < -0.4 is 9.96 Å². The second-order valence-corrected chi connectivity index (χ2v) is 2.93. The average molecular weight is 219 g/mol. The first-order chi connectivity index (χ1) is 6.56. The number of halogens is 1. The molecule has 1 rings (SSSR count). The summed E-state index contributed by atoms with van der Waals surface area (Å²) in [7, 11) is 0. The quantitative estimate of drug-likeness (QED) is 0.585. The molecule has 1 aromatic carbocycles. The molecule has 1 aromatic rings. The zero-order valence-electron chi connectivity index (χ0n) is 7.41. The van der Waals surface area contributed by atoms with Crippen molar-refractivity contribution in [1.29, 1.82) is 0 Å². The summed E-state index contributed by atoms with van der Waals surface area (Å²) in [6.07, 6.45) is 0. The topological polar surface area (TPSA) is 80.0 Å². The summed E-state index contributed by atoms with van der Waals surface area (Å²) in [4.78, 5) is 0. The second-order valence-electron chi connectivity index (χ2n) is 2.52. The monoisotopic (exact) mass is 218 g/mol. The highest BCUT2D eigenvalue weighted by atomic mass is 35.5. The van der Waals surface area contributed by atoms with Gasteiger partial charge >= 0.3 is 0 Å². The molecule has 6 heteroatoms. The zero-order chi connectivity index (χ0) is 10.7. The summed E-state index contributed by atoms with van der Waals surface area (Å²) in [5, 5.41) is 28.8. The highest BCUT2D eigenvalue weighted by molar-refractivity contribution is 6.32. The van der Waals surface area contributed by atoms with E-state index in [1.165, 1.54) is 0 Å². The number of hydrogen-bond donors (Lipinski definition) is 2. The molecule has 14 heavy (non-hydrogen) atoms. The Bertz CT molecular complexity index is 329. The number of rotatable bonds is 3. The van der Waals surface area contributed by atoms with E-state index in [9.17, 15) is 15.5 Å². The van der Waals surface area contributed by atoms with Gasteiger partial charge in [0.1, 0.15) is 5.75 Å². The number of phenolic OH excluding ortho intramolecular Hbond substituents is 1. The van der Waals surface area contributed by atoms with E-state index in [0.717, 1.165) is 12.1 Å². The zero-order valence-corrected chi connectivity index (χ0v) is 8.17. The van der Waals surface area contributed by atoms with Crippen molar-refractivity contribution in [3.05, 3.63) is 27.6 Å². The van der Waals surface area contributed by atoms with Crippen molar-refractivity contribution in [2.45, 2.75) is 6.92 Å². The molecular formula is C8H9ClNO4-. The van der Waals surface area contributed by atoms with Crippen molar-refractivity contribution < 1.29 is 15.1 Å². The van der Waals surface area contributed by atoms with Gasteiger partial charge in [0.05, 0.1) is 11.6 Å². The SMILES string of the molecule is CCOc1cc(O)c([NH+]([O-])[O-])cc1Cl. The Morgan fingerprint density at radius 3 is 2.64 bits per heavy atom. The van der Waals surface area contributed by atoms with Gasteiger partial charge in [-0.15, -0.1) is 0 Å². The predicted octanol–water partition coefficient (Wildman–Crippen LogP) is 0.956. The van der Waals surface area contributed by atoms with Gasteiger partial charge in [-0.1, -0.05) is 11.6 Å². The van der Waals surface area contributed by atoms with E-state index < -0.39 is 11.0 Å². The largest absolute Gasteiger partial charge is 0.628 e. The molecule has 0 atom stereocenters. The van der Waals surface area contributed by atoms with Gasteiger partial charge in [0.15, 0.2) is 11.4 Å². The lowest BCUT2D eigenvalue weighted by Gasteiger charge is -2.25. The molecular weight excluding hydrogens is 210 g/mol. The van der Waals surface area contributed by atoms with Crippen LogP contribution in [0.15, 0.2) is 12.1 Å². The molecule has 0 radical (unpaired) electrons. The molecule has 0 aliphatic rings. The van der Waals surface area contributed by atoms with Gasteiger partial charge in [-0.2, -0.15) is 0 Å². The Morgan fingerprint density at radius 1 is 1.50 bits per heavy atom. The second kappa shape index (κ2) is 4.47. The number of ether oxygens (including phenoxy) is 1. The van der Waals surface area contributed by atoms with E-state index in [-0.39, 0.29) is 16.5 Å². The van der Waals surface area contributed by atoms with Crippen LogP contribution in [-0.2, 0) is 0 Å². The van der Waals surface area contributed by atoms with Crippen LogP contribution in [0.2, 0.25) is 5.02 Å². The normalized spacial score (nSPS) is 10.6. The van der Waals surface area contributed by atoms with Gasteiger partial charge in [-0.3, -0.25) is 0 Å². The summed E-state index contributed by atoms with van der Waals surface area (Å²) >= 11 is 5.70. The first-order valence-corrected chi connectivity index (χ1v) is 4.30. The van der Waals surface area contributed by atoms with Crippen LogP contribution in [0, 0.1) is 10.4 Å². The van der Waals surface area contributed by atoms with E-state index in [4.69, 9.17) is 16.3 Å². The minimum absolute atomic E-state index is 0.129. The minimum atomic E-state index is -1.48. The number of nitrogens with one attached hydrogen (secondary N) is 1. The van der Waals surface area contributed by atoms with Crippen molar-refractivity contribution >= 4 is 17.3 Å². The number of aromatic hydroxyl groups is 1. The Morgan fingerprint density at radius 2 is 2.14 bits per heavy atom. The van der Waals surface area contributed by atoms with Crippen LogP contribution in [0.3, 0.4) is 0 Å². The summed E-state index contributed by atoms with van der Waals surface area (Å²) in [6, 6.07) is 2.24. The smallest absolute Gasteiger partial charge is 0.181 e. The first kappa shape index (κ1) is 11.1. The molecule has 5 nitrogen and oxygen atoms in total. The maximum atomic E-state index is 10.5. The summed E-state index contributed by atoms with van der Waals surface area (Å²) < 4.78 is 5.05. The van der Waals surface area contributed by atoms with Gasteiger partial charge in [-0.25, -0.2) is 0 Å². The molecule has 0 spiro atoms. The molecule has 0 unspecified atom stereocenters. The van der Waals surface area contributed by atoms with E-state index in [2.05, 4.69) is 0 Å². The molecule has 78 valence electrons.